The number of benzene rings is 1. The fraction of sp³-hybridized carbons (Fsp3) is 0.421. The van der Waals surface area contributed by atoms with Crippen LogP contribution in [0.3, 0.4) is 0 Å². The standard InChI is InChI=1S/C19H22N2O2S/c1-13(20-17-6-3-7-18-16(17)8-11-24-18)14-4-2-5-15(12-14)21-9-10-23-19(21)22/h2,4-5,8,11-13,17,20H,3,6-7,9-10H2,1H3/t13-,17-/m1/s1. The predicted octanol–water partition coefficient (Wildman–Crippen LogP) is 4.43. The fourth-order valence-corrected chi connectivity index (χ4v) is 4.64. The zero-order chi connectivity index (χ0) is 16.5. The van der Waals surface area contributed by atoms with E-state index in [-0.39, 0.29) is 12.1 Å². The van der Waals surface area contributed by atoms with E-state index in [9.17, 15) is 4.79 Å². The number of anilines is 1. The third-order valence-corrected chi connectivity index (χ3v) is 5.94. The fourth-order valence-electron chi connectivity index (χ4n) is 3.65. The minimum absolute atomic E-state index is 0.236. The molecular formula is C19H22N2O2S. The molecule has 4 rings (SSSR count). The van der Waals surface area contributed by atoms with Gasteiger partial charge in [0.2, 0.25) is 0 Å². The third-order valence-electron chi connectivity index (χ3n) is 4.95. The van der Waals surface area contributed by atoms with Gasteiger partial charge in [-0.15, -0.1) is 11.3 Å². The van der Waals surface area contributed by atoms with Crippen LogP contribution >= 0.6 is 11.3 Å². The molecule has 1 aromatic heterocycles. The van der Waals surface area contributed by atoms with Crippen LogP contribution in [0.15, 0.2) is 35.7 Å². The quantitative estimate of drug-likeness (QED) is 0.893. The number of ether oxygens (including phenoxy) is 1. The molecule has 126 valence electrons. The Kier molecular flexibility index (Phi) is 4.29. The van der Waals surface area contributed by atoms with Crippen molar-refractivity contribution in [2.45, 2.75) is 38.3 Å². The highest BCUT2D eigenvalue weighted by molar-refractivity contribution is 7.10. The maximum Gasteiger partial charge on any atom is 0.414 e. The maximum atomic E-state index is 11.8. The molecule has 2 aromatic rings. The van der Waals surface area contributed by atoms with Crippen LogP contribution in [0, 0.1) is 0 Å². The number of rotatable bonds is 4. The van der Waals surface area contributed by atoms with Gasteiger partial charge in [0.15, 0.2) is 0 Å². The van der Waals surface area contributed by atoms with Crippen LogP contribution in [0.25, 0.3) is 0 Å². The van der Waals surface area contributed by atoms with E-state index in [0.29, 0.717) is 19.2 Å². The molecule has 1 amide bonds. The zero-order valence-electron chi connectivity index (χ0n) is 13.8. The number of hydrogen-bond acceptors (Lipinski definition) is 4. The van der Waals surface area contributed by atoms with E-state index in [1.807, 2.05) is 23.5 Å². The molecule has 1 aliphatic carbocycles. The number of cyclic esters (lactones) is 1. The largest absolute Gasteiger partial charge is 0.447 e. The molecule has 4 nitrogen and oxygen atoms in total. The summed E-state index contributed by atoms with van der Waals surface area (Å²) in [7, 11) is 0. The van der Waals surface area contributed by atoms with Gasteiger partial charge in [-0.05, 0) is 60.9 Å². The molecule has 0 radical (unpaired) electrons. The Balaban J connectivity index is 1.51. The number of carbonyl (C=O) groups excluding carboxylic acids is 1. The molecule has 2 aliphatic rings. The van der Waals surface area contributed by atoms with Crippen LogP contribution in [0.1, 0.15) is 47.9 Å². The number of hydrogen-bond donors (Lipinski definition) is 1. The van der Waals surface area contributed by atoms with Crippen molar-refractivity contribution < 1.29 is 9.53 Å². The van der Waals surface area contributed by atoms with Crippen LogP contribution in [0.5, 0.6) is 0 Å². The number of thiophene rings is 1. The van der Waals surface area contributed by atoms with Crippen molar-refractivity contribution in [1.29, 1.82) is 0 Å². The average Bonchev–Trinajstić information content (AvgIpc) is 3.24. The molecule has 2 heterocycles. The number of nitrogens with zero attached hydrogens (tertiary/aromatic N) is 1. The van der Waals surface area contributed by atoms with E-state index in [4.69, 9.17) is 4.74 Å². The number of aryl methyl sites for hydroxylation is 1. The minimum Gasteiger partial charge on any atom is -0.447 e. The Bertz CT molecular complexity index is 742. The van der Waals surface area contributed by atoms with Gasteiger partial charge in [0.25, 0.3) is 0 Å². The van der Waals surface area contributed by atoms with Gasteiger partial charge in [0, 0.05) is 22.6 Å². The third kappa shape index (κ3) is 2.94. The van der Waals surface area contributed by atoms with Crippen molar-refractivity contribution >= 4 is 23.1 Å². The molecule has 24 heavy (non-hydrogen) atoms. The highest BCUT2D eigenvalue weighted by Crippen LogP contribution is 2.35. The van der Waals surface area contributed by atoms with E-state index in [1.165, 1.54) is 35.3 Å². The zero-order valence-corrected chi connectivity index (χ0v) is 14.6. The van der Waals surface area contributed by atoms with Gasteiger partial charge in [-0.3, -0.25) is 4.90 Å². The van der Waals surface area contributed by atoms with Gasteiger partial charge < -0.3 is 10.1 Å². The van der Waals surface area contributed by atoms with Gasteiger partial charge in [-0.1, -0.05) is 12.1 Å². The van der Waals surface area contributed by atoms with E-state index < -0.39 is 0 Å². The number of amides is 1. The predicted molar refractivity (Wildman–Crippen MR) is 96.7 cm³/mol. The first kappa shape index (κ1) is 15.7. The van der Waals surface area contributed by atoms with Crippen LogP contribution in [0.2, 0.25) is 0 Å². The second-order valence-electron chi connectivity index (χ2n) is 6.49. The van der Waals surface area contributed by atoms with Gasteiger partial charge in [0.05, 0.1) is 6.54 Å². The summed E-state index contributed by atoms with van der Waals surface area (Å²) in [6.07, 6.45) is 3.40. The Morgan fingerprint density at radius 2 is 2.29 bits per heavy atom. The molecule has 2 atom stereocenters. The van der Waals surface area contributed by atoms with Crippen molar-refractivity contribution in [1.82, 2.24) is 5.32 Å². The summed E-state index contributed by atoms with van der Waals surface area (Å²) < 4.78 is 5.04. The van der Waals surface area contributed by atoms with E-state index in [1.54, 1.807) is 4.90 Å². The van der Waals surface area contributed by atoms with Crippen LogP contribution in [0.4, 0.5) is 10.5 Å². The first-order valence-electron chi connectivity index (χ1n) is 8.59. The molecule has 5 heteroatoms. The number of fused-ring (bicyclic) bond motifs is 1. The molecular weight excluding hydrogens is 320 g/mol. The van der Waals surface area contributed by atoms with Crippen LogP contribution < -0.4 is 10.2 Å². The smallest absolute Gasteiger partial charge is 0.414 e. The highest BCUT2D eigenvalue weighted by atomic mass is 32.1. The van der Waals surface area contributed by atoms with E-state index >= 15 is 0 Å². The second kappa shape index (κ2) is 6.57. The summed E-state index contributed by atoms with van der Waals surface area (Å²) in [5.74, 6) is 0. The van der Waals surface area contributed by atoms with Gasteiger partial charge in [0.1, 0.15) is 6.61 Å². The molecule has 1 saturated heterocycles. The summed E-state index contributed by atoms with van der Waals surface area (Å²) in [5, 5.41) is 5.98. The van der Waals surface area contributed by atoms with Gasteiger partial charge in [-0.2, -0.15) is 0 Å². The van der Waals surface area contributed by atoms with Crippen molar-refractivity contribution in [2.24, 2.45) is 0 Å². The molecule has 1 aromatic carbocycles. The molecule has 0 saturated carbocycles. The molecule has 1 N–H and O–H groups in total. The normalized spacial score (nSPS) is 21.5. The number of carbonyl (C=O) groups is 1. The van der Waals surface area contributed by atoms with Gasteiger partial charge >= 0.3 is 6.09 Å². The first-order chi connectivity index (χ1) is 11.7. The maximum absolute atomic E-state index is 11.8. The first-order valence-corrected chi connectivity index (χ1v) is 9.47. The molecule has 0 bridgehead atoms. The summed E-state index contributed by atoms with van der Waals surface area (Å²) in [4.78, 5) is 15.0. The highest BCUT2D eigenvalue weighted by Gasteiger charge is 2.25. The lowest BCUT2D eigenvalue weighted by atomic mass is 9.93. The SMILES string of the molecule is C[C@@H](N[C@@H]1CCCc2sccc21)c1cccc(N2CCOC2=O)c1. The molecule has 0 spiro atoms. The Morgan fingerprint density at radius 1 is 1.38 bits per heavy atom. The number of nitrogens with one attached hydrogen (secondary N) is 1. The topological polar surface area (TPSA) is 41.6 Å². The van der Waals surface area contributed by atoms with Gasteiger partial charge in [-0.25, -0.2) is 4.79 Å². The molecule has 1 aliphatic heterocycles. The lowest BCUT2D eigenvalue weighted by Gasteiger charge is -2.28. The van der Waals surface area contributed by atoms with Crippen molar-refractivity contribution in [3.8, 4) is 0 Å². The van der Waals surface area contributed by atoms with Crippen LogP contribution in [-0.4, -0.2) is 19.2 Å². The second-order valence-corrected chi connectivity index (χ2v) is 7.49. The summed E-state index contributed by atoms with van der Waals surface area (Å²) in [6, 6.07) is 11.1. The Morgan fingerprint density at radius 3 is 3.12 bits per heavy atom. The van der Waals surface area contributed by atoms with Crippen molar-refractivity contribution in [2.75, 3.05) is 18.1 Å². The summed E-state index contributed by atoms with van der Waals surface area (Å²) in [5.41, 5.74) is 3.59. The van der Waals surface area contributed by atoms with Crippen molar-refractivity contribution in [3.05, 3.63) is 51.7 Å². The lowest BCUT2D eigenvalue weighted by molar-refractivity contribution is 0.181. The monoisotopic (exact) mass is 342 g/mol. The van der Waals surface area contributed by atoms with E-state index in [2.05, 4.69) is 35.8 Å². The molecule has 0 unspecified atom stereocenters. The summed E-state index contributed by atoms with van der Waals surface area (Å²) >= 11 is 1.87. The summed E-state index contributed by atoms with van der Waals surface area (Å²) in [6.45, 7) is 3.30. The Labute approximate surface area is 146 Å². The van der Waals surface area contributed by atoms with Crippen LogP contribution in [-0.2, 0) is 11.2 Å². The van der Waals surface area contributed by atoms with E-state index in [0.717, 1.165) is 5.69 Å². The lowest BCUT2D eigenvalue weighted by Crippen LogP contribution is -2.27. The Hall–Kier alpha value is -1.85. The average molecular weight is 342 g/mol. The van der Waals surface area contributed by atoms with Crippen molar-refractivity contribution in [3.63, 3.8) is 0 Å². The minimum atomic E-state index is -0.247. The molecule has 1 fully saturated rings.